The third-order valence-electron chi connectivity index (χ3n) is 2.84. The Balaban J connectivity index is 2.51. The lowest BCUT2D eigenvalue weighted by molar-refractivity contribution is 0.462. The van der Waals surface area contributed by atoms with Crippen molar-refractivity contribution in [3.63, 3.8) is 0 Å². The van der Waals surface area contributed by atoms with E-state index in [-0.39, 0.29) is 11.2 Å². The molecule has 1 aliphatic carbocycles. The minimum absolute atomic E-state index is 0.251. The van der Waals surface area contributed by atoms with Gasteiger partial charge in [-0.05, 0) is 18.3 Å². The van der Waals surface area contributed by atoms with Crippen molar-refractivity contribution in [3.05, 3.63) is 0 Å². The Morgan fingerprint density at radius 3 is 2.79 bits per heavy atom. The average Bonchev–Trinajstić information content (AvgIpc) is 2.83. The largest absolute Gasteiger partial charge is 0.244 e. The van der Waals surface area contributed by atoms with Gasteiger partial charge >= 0.3 is 0 Å². The minimum Gasteiger partial charge on any atom is -0.219 e. The van der Waals surface area contributed by atoms with Crippen LogP contribution in [0.4, 0.5) is 0 Å². The topological polar surface area (TPSA) is 70.0 Å². The number of hydrogen-bond donors (Lipinski definition) is 1. The highest BCUT2D eigenvalue weighted by Crippen LogP contribution is 2.43. The van der Waals surface area contributed by atoms with E-state index in [1.54, 1.807) is 0 Å². The molecule has 0 aromatic rings. The molecule has 0 heterocycles. The molecule has 5 heteroatoms. The van der Waals surface area contributed by atoms with Crippen molar-refractivity contribution in [2.75, 3.05) is 0 Å². The maximum atomic E-state index is 11.4. The van der Waals surface area contributed by atoms with Gasteiger partial charge in [0.2, 0.25) is 10.0 Å². The normalized spacial score (nSPS) is 27.8. The third kappa shape index (κ3) is 2.38. The van der Waals surface area contributed by atoms with Crippen LogP contribution < -0.4 is 4.72 Å². The number of nitrogens with zero attached hydrogens (tertiary/aromatic N) is 1. The zero-order valence-electron chi connectivity index (χ0n) is 8.53. The monoisotopic (exact) mass is 216 g/mol. The second-order valence-electron chi connectivity index (χ2n) is 3.96. The first-order valence-electron chi connectivity index (χ1n) is 4.92. The van der Waals surface area contributed by atoms with E-state index in [1.165, 1.54) is 6.19 Å². The molecule has 0 amide bonds. The molecule has 0 saturated heterocycles. The molecule has 1 rings (SSSR count). The molecular weight excluding hydrogens is 200 g/mol. The summed E-state index contributed by atoms with van der Waals surface area (Å²) in [5.74, 6) is 0.695. The van der Waals surface area contributed by atoms with Gasteiger partial charge in [0.1, 0.15) is 0 Å². The average molecular weight is 216 g/mol. The number of rotatable bonds is 5. The molecule has 3 atom stereocenters. The van der Waals surface area contributed by atoms with E-state index in [0.29, 0.717) is 12.3 Å². The van der Waals surface area contributed by atoms with Crippen LogP contribution in [0.1, 0.15) is 33.1 Å². The molecule has 14 heavy (non-hydrogen) atoms. The van der Waals surface area contributed by atoms with E-state index < -0.39 is 10.0 Å². The van der Waals surface area contributed by atoms with Gasteiger partial charge in [-0.3, -0.25) is 0 Å². The Bertz CT molecular complexity index is 331. The summed E-state index contributed by atoms with van der Waals surface area (Å²) in [6.45, 7) is 4.17. The Kier molecular flexibility index (Phi) is 3.38. The summed E-state index contributed by atoms with van der Waals surface area (Å²) >= 11 is 0. The van der Waals surface area contributed by atoms with Gasteiger partial charge in [0.15, 0.2) is 6.19 Å². The van der Waals surface area contributed by atoms with Crippen molar-refractivity contribution in [2.24, 2.45) is 11.8 Å². The summed E-state index contributed by atoms with van der Waals surface area (Å²) in [6, 6.07) is 0. The molecule has 3 unspecified atom stereocenters. The lowest BCUT2D eigenvalue weighted by Gasteiger charge is -2.08. The predicted octanol–water partition coefficient (Wildman–Crippen LogP) is 1.21. The van der Waals surface area contributed by atoms with Crippen molar-refractivity contribution in [1.82, 2.24) is 4.72 Å². The third-order valence-corrected chi connectivity index (χ3v) is 4.56. The van der Waals surface area contributed by atoms with Gasteiger partial charge in [-0.25, -0.2) is 13.1 Å². The summed E-state index contributed by atoms with van der Waals surface area (Å²) in [5.41, 5.74) is 0. The number of sulfonamides is 1. The fourth-order valence-corrected chi connectivity index (χ4v) is 3.44. The van der Waals surface area contributed by atoms with Crippen LogP contribution in [0.25, 0.3) is 0 Å². The maximum absolute atomic E-state index is 11.4. The van der Waals surface area contributed by atoms with Crippen LogP contribution in [-0.2, 0) is 10.0 Å². The molecular formula is C9H16N2O2S. The van der Waals surface area contributed by atoms with E-state index in [0.717, 1.165) is 12.8 Å². The molecule has 80 valence electrons. The molecule has 0 aromatic heterocycles. The molecule has 0 aromatic carbocycles. The molecule has 0 bridgehead atoms. The zero-order chi connectivity index (χ0) is 10.8. The lowest BCUT2D eigenvalue weighted by Crippen LogP contribution is -2.24. The highest BCUT2D eigenvalue weighted by atomic mass is 32.2. The molecule has 1 N–H and O–H groups in total. The SMILES string of the molecule is CCCC(C)C1CC1S(=O)(=O)NC#N. The van der Waals surface area contributed by atoms with Crippen molar-refractivity contribution >= 4 is 10.0 Å². The zero-order valence-corrected chi connectivity index (χ0v) is 9.34. The molecule has 0 radical (unpaired) electrons. The fraction of sp³-hybridized carbons (Fsp3) is 0.889. The van der Waals surface area contributed by atoms with Crippen molar-refractivity contribution < 1.29 is 8.42 Å². The molecule has 1 aliphatic rings. The fourth-order valence-electron chi connectivity index (χ4n) is 1.95. The Hall–Kier alpha value is -0.760. The van der Waals surface area contributed by atoms with Crippen LogP contribution >= 0.6 is 0 Å². The van der Waals surface area contributed by atoms with Gasteiger partial charge in [0, 0.05) is 0 Å². The van der Waals surface area contributed by atoms with Crippen LogP contribution in [0.5, 0.6) is 0 Å². The van der Waals surface area contributed by atoms with Gasteiger partial charge in [-0.1, -0.05) is 26.7 Å². The highest BCUT2D eigenvalue weighted by Gasteiger charge is 2.49. The second kappa shape index (κ2) is 4.18. The van der Waals surface area contributed by atoms with Crippen molar-refractivity contribution in [2.45, 2.75) is 38.4 Å². The first-order chi connectivity index (χ1) is 6.53. The summed E-state index contributed by atoms with van der Waals surface area (Å²) in [6.07, 6.45) is 4.33. The molecule has 0 spiro atoms. The van der Waals surface area contributed by atoms with E-state index >= 15 is 0 Å². The highest BCUT2D eigenvalue weighted by molar-refractivity contribution is 7.90. The van der Waals surface area contributed by atoms with E-state index in [1.807, 2.05) is 4.72 Å². The van der Waals surface area contributed by atoms with Crippen LogP contribution in [0.15, 0.2) is 0 Å². The molecule has 1 saturated carbocycles. The molecule has 4 nitrogen and oxygen atoms in total. The Morgan fingerprint density at radius 2 is 2.29 bits per heavy atom. The lowest BCUT2D eigenvalue weighted by atomic mass is 10.0. The Morgan fingerprint density at radius 1 is 1.64 bits per heavy atom. The quantitative estimate of drug-likeness (QED) is 0.554. The van der Waals surface area contributed by atoms with Crippen molar-refractivity contribution in [1.29, 1.82) is 5.26 Å². The standard InChI is InChI=1S/C9H16N2O2S/c1-3-4-7(2)8-5-9(8)14(12,13)11-6-10/h7-9,11H,3-5H2,1-2H3. The second-order valence-corrected chi connectivity index (χ2v) is 5.86. The number of hydrogen-bond acceptors (Lipinski definition) is 3. The summed E-state index contributed by atoms with van der Waals surface area (Å²) < 4.78 is 24.6. The minimum atomic E-state index is -3.36. The van der Waals surface area contributed by atoms with Crippen LogP contribution in [0.2, 0.25) is 0 Å². The number of nitrogens with one attached hydrogen (secondary N) is 1. The van der Waals surface area contributed by atoms with Gasteiger partial charge in [-0.15, -0.1) is 0 Å². The molecule has 1 fully saturated rings. The maximum Gasteiger partial charge on any atom is 0.244 e. The number of nitriles is 1. The van der Waals surface area contributed by atoms with E-state index in [4.69, 9.17) is 5.26 Å². The van der Waals surface area contributed by atoms with E-state index in [9.17, 15) is 8.42 Å². The summed E-state index contributed by atoms with van der Waals surface area (Å²) in [4.78, 5) is 0. The van der Waals surface area contributed by atoms with Gasteiger partial charge in [-0.2, -0.15) is 5.26 Å². The summed E-state index contributed by atoms with van der Waals surface area (Å²) in [7, 11) is -3.36. The van der Waals surface area contributed by atoms with Gasteiger partial charge < -0.3 is 0 Å². The smallest absolute Gasteiger partial charge is 0.219 e. The first-order valence-corrected chi connectivity index (χ1v) is 6.47. The Labute approximate surface area is 85.4 Å². The van der Waals surface area contributed by atoms with Crippen LogP contribution in [0, 0.1) is 23.3 Å². The van der Waals surface area contributed by atoms with Crippen molar-refractivity contribution in [3.8, 4) is 6.19 Å². The summed E-state index contributed by atoms with van der Waals surface area (Å²) in [5, 5.41) is 7.94. The first kappa shape index (κ1) is 11.3. The van der Waals surface area contributed by atoms with Crippen LogP contribution in [0.3, 0.4) is 0 Å². The predicted molar refractivity (Wildman–Crippen MR) is 53.6 cm³/mol. The van der Waals surface area contributed by atoms with E-state index in [2.05, 4.69) is 13.8 Å². The molecule has 0 aliphatic heterocycles. The van der Waals surface area contributed by atoms with Gasteiger partial charge in [0.05, 0.1) is 5.25 Å². The van der Waals surface area contributed by atoms with Crippen LogP contribution in [-0.4, -0.2) is 13.7 Å². The van der Waals surface area contributed by atoms with Gasteiger partial charge in [0.25, 0.3) is 0 Å².